The van der Waals surface area contributed by atoms with Gasteiger partial charge in [0.15, 0.2) is 6.61 Å². The first kappa shape index (κ1) is 17.6. The Morgan fingerprint density at radius 2 is 2.09 bits per heavy atom. The van der Waals surface area contributed by atoms with Gasteiger partial charge in [-0.05, 0) is 30.3 Å². The SMILES string of the molecule is O=C(COc1cc(Cl)ccc1Cl)N/N=C/c1cc(Br)ccc1O. The summed E-state index contributed by atoms with van der Waals surface area (Å²) in [7, 11) is 0. The second kappa shape index (κ2) is 8.19. The number of nitrogens with one attached hydrogen (secondary N) is 1. The van der Waals surface area contributed by atoms with Gasteiger partial charge in [0.1, 0.15) is 11.5 Å². The summed E-state index contributed by atoms with van der Waals surface area (Å²) in [6.07, 6.45) is 1.32. The molecule has 2 rings (SSSR count). The molecule has 0 saturated carbocycles. The molecule has 0 aliphatic rings. The molecule has 0 saturated heterocycles. The van der Waals surface area contributed by atoms with E-state index in [1.54, 1.807) is 24.3 Å². The summed E-state index contributed by atoms with van der Waals surface area (Å²) in [6, 6.07) is 9.56. The molecule has 0 aromatic heterocycles. The first-order chi connectivity index (χ1) is 11.0. The Bertz CT molecular complexity index is 753. The van der Waals surface area contributed by atoms with Crippen LogP contribution in [0.15, 0.2) is 46.0 Å². The predicted octanol–water partition coefficient (Wildman–Crippen LogP) is 3.99. The number of phenols is 1. The van der Waals surface area contributed by atoms with Gasteiger partial charge in [0.25, 0.3) is 5.91 Å². The van der Waals surface area contributed by atoms with Crippen LogP contribution in [0.4, 0.5) is 0 Å². The molecule has 2 aromatic carbocycles. The first-order valence-corrected chi connectivity index (χ1v) is 7.89. The molecular weight excluding hydrogens is 407 g/mol. The molecule has 0 aliphatic carbocycles. The molecule has 0 heterocycles. The number of phenolic OH excluding ortho intramolecular Hbond substituents is 1. The molecule has 2 N–H and O–H groups in total. The van der Waals surface area contributed by atoms with E-state index in [0.717, 1.165) is 4.47 Å². The van der Waals surface area contributed by atoms with Crippen LogP contribution < -0.4 is 10.2 Å². The number of hydrogen-bond acceptors (Lipinski definition) is 4. The van der Waals surface area contributed by atoms with Crippen molar-refractivity contribution in [1.82, 2.24) is 5.43 Å². The van der Waals surface area contributed by atoms with Gasteiger partial charge in [0, 0.05) is 21.1 Å². The van der Waals surface area contributed by atoms with Gasteiger partial charge in [-0.1, -0.05) is 39.1 Å². The van der Waals surface area contributed by atoms with E-state index < -0.39 is 5.91 Å². The van der Waals surface area contributed by atoms with Crippen LogP contribution in [-0.2, 0) is 4.79 Å². The van der Waals surface area contributed by atoms with Crippen molar-refractivity contribution < 1.29 is 14.6 Å². The normalized spacial score (nSPS) is 10.7. The van der Waals surface area contributed by atoms with Crippen molar-refractivity contribution in [1.29, 1.82) is 0 Å². The van der Waals surface area contributed by atoms with Crippen LogP contribution in [0.1, 0.15) is 5.56 Å². The molecule has 5 nitrogen and oxygen atoms in total. The number of halogens is 3. The summed E-state index contributed by atoms with van der Waals surface area (Å²) >= 11 is 15.0. The van der Waals surface area contributed by atoms with E-state index in [0.29, 0.717) is 21.4 Å². The van der Waals surface area contributed by atoms with Crippen molar-refractivity contribution in [2.24, 2.45) is 5.10 Å². The summed E-state index contributed by atoms with van der Waals surface area (Å²) in [4.78, 5) is 11.7. The number of carbonyl (C=O) groups excluding carboxylic acids is 1. The highest BCUT2D eigenvalue weighted by atomic mass is 79.9. The van der Waals surface area contributed by atoms with E-state index in [1.807, 2.05) is 0 Å². The minimum Gasteiger partial charge on any atom is -0.507 e. The number of aromatic hydroxyl groups is 1. The quantitative estimate of drug-likeness (QED) is 0.570. The Balaban J connectivity index is 1.89. The third kappa shape index (κ3) is 5.42. The van der Waals surface area contributed by atoms with E-state index in [4.69, 9.17) is 27.9 Å². The van der Waals surface area contributed by atoms with Gasteiger partial charge >= 0.3 is 0 Å². The zero-order valence-corrected chi connectivity index (χ0v) is 14.7. The maximum Gasteiger partial charge on any atom is 0.277 e. The minimum atomic E-state index is -0.480. The monoisotopic (exact) mass is 416 g/mol. The second-order valence-corrected chi connectivity index (χ2v) is 6.12. The maximum absolute atomic E-state index is 11.7. The molecule has 120 valence electrons. The van der Waals surface area contributed by atoms with Crippen LogP contribution >= 0.6 is 39.1 Å². The molecule has 1 amide bonds. The predicted molar refractivity (Wildman–Crippen MR) is 93.5 cm³/mol. The lowest BCUT2D eigenvalue weighted by molar-refractivity contribution is -0.123. The average molecular weight is 418 g/mol. The smallest absolute Gasteiger partial charge is 0.277 e. The number of rotatable bonds is 5. The fourth-order valence-corrected chi connectivity index (χ4v) is 2.28. The van der Waals surface area contributed by atoms with Crippen LogP contribution in [0.3, 0.4) is 0 Å². The Hall–Kier alpha value is -1.76. The van der Waals surface area contributed by atoms with Gasteiger partial charge in [-0.15, -0.1) is 0 Å². The highest BCUT2D eigenvalue weighted by Gasteiger charge is 2.06. The lowest BCUT2D eigenvalue weighted by Crippen LogP contribution is -2.24. The van der Waals surface area contributed by atoms with Crippen LogP contribution in [0.2, 0.25) is 10.0 Å². The van der Waals surface area contributed by atoms with Crippen molar-refractivity contribution in [2.45, 2.75) is 0 Å². The summed E-state index contributed by atoms with van der Waals surface area (Å²) < 4.78 is 6.05. The fourth-order valence-electron chi connectivity index (χ4n) is 1.57. The summed E-state index contributed by atoms with van der Waals surface area (Å²) in [5.41, 5.74) is 2.74. The molecule has 8 heteroatoms. The third-order valence-electron chi connectivity index (χ3n) is 2.63. The fraction of sp³-hybridized carbons (Fsp3) is 0.0667. The zero-order valence-electron chi connectivity index (χ0n) is 11.6. The molecule has 0 spiro atoms. The van der Waals surface area contributed by atoms with E-state index in [-0.39, 0.29) is 12.4 Å². The standard InChI is InChI=1S/C15H11BrCl2N2O3/c16-10-1-4-13(21)9(5-10)7-19-20-15(22)8-23-14-6-11(17)2-3-12(14)18/h1-7,21H,8H2,(H,20,22)/b19-7+. The van der Waals surface area contributed by atoms with E-state index in [2.05, 4.69) is 26.5 Å². The van der Waals surface area contributed by atoms with Crippen molar-refractivity contribution in [3.05, 3.63) is 56.5 Å². The lowest BCUT2D eigenvalue weighted by atomic mass is 10.2. The Labute approximate surface area is 151 Å². The van der Waals surface area contributed by atoms with E-state index >= 15 is 0 Å². The van der Waals surface area contributed by atoms with E-state index in [9.17, 15) is 9.90 Å². The van der Waals surface area contributed by atoms with Crippen molar-refractivity contribution >= 4 is 51.3 Å². The number of benzene rings is 2. The number of amides is 1. The molecule has 0 aliphatic heterocycles. The average Bonchev–Trinajstić information content (AvgIpc) is 2.51. The lowest BCUT2D eigenvalue weighted by Gasteiger charge is -2.07. The molecule has 0 radical (unpaired) electrons. The number of nitrogens with zero attached hydrogens (tertiary/aromatic N) is 1. The second-order valence-electron chi connectivity index (χ2n) is 4.36. The largest absolute Gasteiger partial charge is 0.507 e. The summed E-state index contributed by atoms with van der Waals surface area (Å²) in [5.74, 6) is -0.122. The van der Waals surface area contributed by atoms with Gasteiger partial charge in [0.05, 0.1) is 11.2 Å². The Morgan fingerprint density at radius 1 is 1.30 bits per heavy atom. The van der Waals surface area contributed by atoms with Gasteiger partial charge < -0.3 is 9.84 Å². The zero-order chi connectivity index (χ0) is 16.8. The van der Waals surface area contributed by atoms with Crippen LogP contribution in [-0.4, -0.2) is 23.8 Å². The van der Waals surface area contributed by atoms with Crippen LogP contribution in [0.25, 0.3) is 0 Å². The maximum atomic E-state index is 11.7. The van der Waals surface area contributed by atoms with Gasteiger partial charge in [-0.2, -0.15) is 5.10 Å². The molecule has 0 atom stereocenters. The van der Waals surface area contributed by atoms with Gasteiger partial charge in [0.2, 0.25) is 0 Å². The molecule has 23 heavy (non-hydrogen) atoms. The Morgan fingerprint density at radius 3 is 2.87 bits per heavy atom. The molecule has 2 aromatic rings. The Kier molecular flexibility index (Phi) is 6.27. The van der Waals surface area contributed by atoms with Crippen molar-refractivity contribution in [3.8, 4) is 11.5 Å². The number of hydrogen-bond donors (Lipinski definition) is 2. The summed E-state index contributed by atoms with van der Waals surface area (Å²) in [6.45, 7) is -0.276. The van der Waals surface area contributed by atoms with Crippen molar-refractivity contribution in [3.63, 3.8) is 0 Å². The minimum absolute atomic E-state index is 0.0492. The topological polar surface area (TPSA) is 70.9 Å². The molecule has 0 unspecified atom stereocenters. The molecular formula is C15H11BrCl2N2O3. The number of hydrazone groups is 1. The number of carbonyl (C=O) groups is 1. The first-order valence-electron chi connectivity index (χ1n) is 6.34. The van der Waals surface area contributed by atoms with Crippen LogP contribution in [0.5, 0.6) is 11.5 Å². The summed E-state index contributed by atoms with van der Waals surface area (Å²) in [5, 5.41) is 14.2. The van der Waals surface area contributed by atoms with Crippen LogP contribution in [0, 0.1) is 0 Å². The highest BCUT2D eigenvalue weighted by Crippen LogP contribution is 2.27. The third-order valence-corrected chi connectivity index (χ3v) is 3.68. The van der Waals surface area contributed by atoms with E-state index in [1.165, 1.54) is 18.3 Å². The van der Waals surface area contributed by atoms with Crippen molar-refractivity contribution in [2.75, 3.05) is 6.61 Å². The number of ether oxygens (including phenoxy) is 1. The van der Waals surface area contributed by atoms with Gasteiger partial charge in [-0.25, -0.2) is 5.43 Å². The van der Waals surface area contributed by atoms with Gasteiger partial charge in [-0.3, -0.25) is 4.79 Å². The molecule has 0 fully saturated rings. The highest BCUT2D eigenvalue weighted by molar-refractivity contribution is 9.10. The molecule has 0 bridgehead atoms.